The first-order chi connectivity index (χ1) is 5.14. The number of nitrogens with one attached hydrogen (secondary N) is 1. The maximum absolute atomic E-state index is 11.1. The van der Waals surface area contributed by atoms with Gasteiger partial charge in [-0.15, -0.1) is 0 Å². The Labute approximate surface area is 67.4 Å². The number of rotatable bonds is 3. The van der Waals surface area contributed by atoms with Crippen LogP contribution >= 0.6 is 0 Å². The topological polar surface area (TPSA) is 46.2 Å². The lowest BCUT2D eigenvalue weighted by Gasteiger charge is -2.00. The molecule has 64 valence electrons. The molecule has 0 atom stereocenters. The van der Waals surface area contributed by atoms with E-state index in [9.17, 15) is 8.42 Å². The lowest BCUT2D eigenvalue weighted by atomic mass is 10.3. The predicted molar refractivity (Wildman–Crippen MR) is 45.3 cm³/mol. The summed E-state index contributed by atoms with van der Waals surface area (Å²) in [6.45, 7) is 3.23. The Morgan fingerprint density at radius 3 is 2.82 bits per heavy atom. The van der Waals surface area contributed by atoms with Crippen LogP contribution in [0.5, 0.6) is 0 Å². The monoisotopic (exact) mass is 175 g/mol. The second kappa shape index (κ2) is 3.36. The van der Waals surface area contributed by atoms with Crippen LogP contribution in [0.25, 0.3) is 0 Å². The van der Waals surface area contributed by atoms with Crippen molar-refractivity contribution in [2.45, 2.75) is 6.92 Å². The van der Waals surface area contributed by atoms with Crippen LogP contribution in [0.2, 0.25) is 0 Å². The Morgan fingerprint density at radius 2 is 2.36 bits per heavy atom. The van der Waals surface area contributed by atoms with Crippen LogP contribution in [0.4, 0.5) is 0 Å². The number of hydrogen-bond acceptors (Lipinski definition) is 3. The molecular formula is C7H13NO2S. The minimum Gasteiger partial charge on any atom is -0.310 e. The molecule has 0 radical (unpaired) electrons. The van der Waals surface area contributed by atoms with E-state index in [1.807, 2.05) is 6.08 Å². The van der Waals surface area contributed by atoms with Gasteiger partial charge >= 0.3 is 0 Å². The van der Waals surface area contributed by atoms with E-state index < -0.39 is 9.84 Å². The van der Waals surface area contributed by atoms with E-state index in [1.54, 1.807) is 6.92 Å². The normalized spacial score (nSPS) is 18.5. The highest BCUT2D eigenvalue weighted by Crippen LogP contribution is 2.03. The van der Waals surface area contributed by atoms with Crippen molar-refractivity contribution in [1.29, 1.82) is 0 Å². The third-order valence-electron chi connectivity index (χ3n) is 1.73. The third-order valence-corrected chi connectivity index (χ3v) is 3.42. The first-order valence-corrected chi connectivity index (χ1v) is 5.55. The molecule has 1 N–H and O–H groups in total. The lowest BCUT2D eigenvalue weighted by molar-refractivity contribution is 0.599. The van der Waals surface area contributed by atoms with Crippen molar-refractivity contribution in [2.24, 2.45) is 0 Å². The second-order valence-corrected chi connectivity index (χ2v) is 5.02. The largest absolute Gasteiger partial charge is 0.310 e. The molecule has 11 heavy (non-hydrogen) atoms. The SMILES string of the molecule is CCS(=O)(=O)CC1=CCNC1. The Balaban J connectivity index is 2.54. The van der Waals surface area contributed by atoms with Crippen molar-refractivity contribution in [2.75, 3.05) is 24.6 Å². The molecule has 1 heterocycles. The van der Waals surface area contributed by atoms with Gasteiger partial charge in [-0.3, -0.25) is 0 Å². The average molecular weight is 175 g/mol. The average Bonchev–Trinajstić information content (AvgIpc) is 2.39. The van der Waals surface area contributed by atoms with E-state index in [0.717, 1.165) is 18.7 Å². The summed E-state index contributed by atoms with van der Waals surface area (Å²) in [6.07, 6.45) is 1.95. The van der Waals surface area contributed by atoms with Crippen LogP contribution in [0.1, 0.15) is 6.92 Å². The second-order valence-electron chi connectivity index (χ2n) is 2.67. The van der Waals surface area contributed by atoms with Gasteiger partial charge in [-0.25, -0.2) is 8.42 Å². The van der Waals surface area contributed by atoms with Crippen LogP contribution < -0.4 is 5.32 Å². The molecule has 0 spiro atoms. The van der Waals surface area contributed by atoms with Gasteiger partial charge in [0.25, 0.3) is 0 Å². The van der Waals surface area contributed by atoms with Crippen molar-refractivity contribution in [3.05, 3.63) is 11.6 Å². The van der Waals surface area contributed by atoms with Crippen LogP contribution in [0.15, 0.2) is 11.6 Å². The van der Waals surface area contributed by atoms with Gasteiger partial charge in [0, 0.05) is 18.8 Å². The summed E-state index contributed by atoms with van der Waals surface area (Å²) in [6, 6.07) is 0. The Morgan fingerprint density at radius 1 is 1.64 bits per heavy atom. The van der Waals surface area contributed by atoms with E-state index >= 15 is 0 Å². The first-order valence-electron chi connectivity index (χ1n) is 3.73. The minimum absolute atomic E-state index is 0.233. The summed E-state index contributed by atoms with van der Waals surface area (Å²) in [5.74, 6) is 0.473. The van der Waals surface area contributed by atoms with Gasteiger partial charge in [-0.1, -0.05) is 13.0 Å². The molecule has 0 aromatic rings. The van der Waals surface area contributed by atoms with Gasteiger partial charge in [0.15, 0.2) is 9.84 Å². The molecule has 0 fully saturated rings. The van der Waals surface area contributed by atoms with Gasteiger partial charge < -0.3 is 5.32 Å². The zero-order valence-corrected chi connectivity index (χ0v) is 7.45. The molecule has 0 amide bonds. The quantitative estimate of drug-likeness (QED) is 0.612. The molecule has 0 saturated heterocycles. The molecule has 1 rings (SSSR count). The summed E-state index contributed by atoms with van der Waals surface area (Å²) in [5.41, 5.74) is 1.01. The Hall–Kier alpha value is -0.350. The van der Waals surface area contributed by atoms with Gasteiger partial charge in [0.1, 0.15) is 0 Å². The van der Waals surface area contributed by atoms with Crippen molar-refractivity contribution in [3.63, 3.8) is 0 Å². The van der Waals surface area contributed by atoms with E-state index in [2.05, 4.69) is 5.32 Å². The summed E-state index contributed by atoms with van der Waals surface area (Å²) < 4.78 is 22.2. The zero-order valence-electron chi connectivity index (χ0n) is 6.63. The summed E-state index contributed by atoms with van der Waals surface area (Å²) in [7, 11) is -2.81. The van der Waals surface area contributed by atoms with Crippen molar-refractivity contribution in [3.8, 4) is 0 Å². The summed E-state index contributed by atoms with van der Waals surface area (Å²) in [4.78, 5) is 0. The smallest absolute Gasteiger partial charge is 0.153 e. The molecule has 0 bridgehead atoms. The van der Waals surface area contributed by atoms with Crippen LogP contribution in [-0.4, -0.2) is 33.0 Å². The number of sulfone groups is 1. The molecule has 0 saturated carbocycles. The minimum atomic E-state index is -2.81. The molecule has 0 aromatic carbocycles. The summed E-state index contributed by atoms with van der Waals surface area (Å²) >= 11 is 0. The van der Waals surface area contributed by atoms with Gasteiger partial charge in [0.2, 0.25) is 0 Å². The lowest BCUT2D eigenvalue weighted by Crippen LogP contribution is -2.15. The zero-order chi connectivity index (χ0) is 8.32. The highest BCUT2D eigenvalue weighted by atomic mass is 32.2. The van der Waals surface area contributed by atoms with Gasteiger partial charge in [0.05, 0.1) is 5.75 Å². The van der Waals surface area contributed by atoms with Crippen LogP contribution in [0, 0.1) is 0 Å². The highest BCUT2D eigenvalue weighted by molar-refractivity contribution is 7.91. The molecule has 1 aliphatic heterocycles. The molecule has 1 aliphatic rings. The predicted octanol–water partition coefficient (Wildman–Crippen LogP) is -0.0493. The maximum Gasteiger partial charge on any atom is 0.153 e. The third kappa shape index (κ3) is 2.63. The molecule has 3 nitrogen and oxygen atoms in total. The van der Waals surface area contributed by atoms with Gasteiger partial charge in [-0.2, -0.15) is 0 Å². The summed E-state index contributed by atoms with van der Waals surface area (Å²) in [5, 5.41) is 3.06. The maximum atomic E-state index is 11.1. The van der Waals surface area contributed by atoms with E-state index in [-0.39, 0.29) is 11.5 Å². The fourth-order valence-corrected chi connectivity index (χ4v) is 2.00. The fraction of sp³-hybridized carbons (Fsp3) is 0.714. The molecule has 4 heteroatoms. The van der Waals surface area contributed by atoms with E-state index in [1.165, 1.54) is 0 Å². The van der Waals surface area contributed by atoms with Crippen molar-refractivity contribution in [1.82, 2.24) is 5.32 Å². The highest BCUT2D eigenvalue weighted by Gasteiger charge is 2.12. The fourth-order valence-electron chi connectivity index (χ4n) is 1.02. The van der Waals surface area contributed by atoms with Crippen LogP contribution in [0.3, 0.4) is 0 Å². The molecule has 0 aliphatic carbocycles. The van der Waals surface area contributed by atoms with Gasteiger partial charge in [-0.05, 0) is 5.57 Å². The van der Waals surface area contributed by atoms with Crippen molar-refractivity contribution < 1.29 is 8.42 Å². The van der Waals surface area contributed by atoms with Crippen LogP contribution in [-0.2, 0) is 9.84 Å². The Bertz CT molecular complexity index is 254. The first kappa shape index (κ1) is 8.74. The molecular weight excluding hydrogens is 162 g/mol. The molecule has 0 unspecified atom stereocenters. The van der Waals surface area contributed by atoms with Crippen molar-refractivity contribution >= 4 is 9.84 Å². The van der Waals surface area contributed by atoms with E-state index in [4.69, 9.17) is 0 Å². The Kier molecular flexibility index (Phi) is 2.67. The molecule has 0 aromatic heterocycles. The number of hydrogen-bond donors (Lipinski definition) is 1. The standard InChI is InChI=1S/C7H13NO2S/c1-2-11(9,10)6-7-3-4-8-5-7/h3,8H,2,4-6H2,1H3. The van der Waals surface area contributed by atoms with E-state index in [0.29, 0.717) is 0 Å².